The first-order valence-electron chi connectivity index (χ1n) is 10.8. The molecule has 1 nitrogen and oxygen atoms in total. The molecule has 0 amide bonds. The zero-order chi connectivity index (χ0) is 19.6. The molecule has 1 heteroatoms. The van der Waals surface area contributed by atoms with Gasteiger partial charge in [0.2, 0.25) is 0 Å². The number of hydrogen-bond acceptors (Lipinski definition) is 1. The fraction of sp³-hybridized carbons (Fsp3) is 0.407. The van der Waals surface area contributed by atoms with Crippen LogP contribution in [0.3, 0.4) is 0 Å². The van der Waals surface area contributed by atoms with Crippen LogP contribution < -0.4 is 0 Å². The van der Waals surface area contributed by atoms with Crippen LogP contribution >= 0.6 is 0 Å². The lowest BCUT2D eigenvalue weighted by Crippen LogP contribution is -2.12. The molecule has 0 spiro atoms. The number of hydrogen-bond donors (Lipinski definition) is 0. The third-order valence-electron chi connectivity index (χ3n) is 5.96. The largest absolute Gasteiger partial charge is 0.376 e. The Balaban J connectivity index is 1.53. The van der Waals surface area contributed by atoms with Gasteiger partial charge in [-0.2, -0.15) is 0 Å². The van der Waals surface area contributed by atoms with Gasteiger partial charge in [0, 0.05) is 0 Å². The van der Waals surface area contributed by atoms with Gasteiger partial charge in [0.1, 0.15) is 0 Å². The molecule has 1 aliphatic carbocycles. The SMILES string of the molecule is C=CCCOCc1ccc(-c2ccc([C@H]3CC[C@H](CC=CC)CC3)cc2)cc1. The highest BCUT2D eigenvalue weighted by Gasteiger charge is 2.21. The van der Waals surface area contributed by atoms with Crippen LogP contribution in [0.15, 0.2) is 73.3 Å². The van der Waals surface area contributed by atoms with E-state index >= 15 is 0 Å². The molecule has 0 N–H and O–H groups in total. The summed E-state index contributed by atoms with van der Waals surface area (Å²) < 4.78 is 5.64. The molecule has 1 saturated carbocycles. The molecule has 0 atom stereocenters. The first-order chi connectivity index (χ1) is 13.8. The van der Waals surface area contributed by atoms with Crippen molar-refractivity contribution in [3.05, 3.63) is 84.5 Å². The summed E-state index contributed by atoms with van der Waals surface area (Å²) in [6.07, 6.45) is 14.0. The maximum absolute atomic E-state index is 5.64. The van der Waals surface area contributed by atoms with Crippen molar-refractivity contribution < 1.29 is 4.74 Å². The first-order valence-corrected chi connectivity index (χ1v) is 10.8. The second-order valence-electron chi connectivity index (χ2n) is 7.97. The molecular formula is C27H34O. The van der Waals surface area contributed by atoms with Gasteiger partial charge in [-0.3, -0.25) is 0 Å². The maximum atomic E-state index is 5.64. The summed E-state index contributed by atoms with van der Waals surface area (Å²) in [6, 6.07) is 18.0. The zero-order valence-electron chi connectivity index (χ0n) is 17.3. The zero-order valence-corrected chi connectivity index (χ0v) is 17.3. The molecule has 2 aromatic carbocycles. The monoisotopic (exact) mass is 374 g/mol. The second-order valence-corrected chi connectivity index (χ2v) is 7.97. The normalized spacial score (nSPS) is 19.8. The van der Waals surface area contributed by atoms with E-state index in [4.69, 9.17) is 4.74 Å². The van der Waals surface area contributed by atoms with Crippen molar-refractivity contribution in [1.29, 1.82) is 0 Å². The van der Waals surface area contributed by atoms with E-state index in [2.05, 4.69) is 74.2 Å². The molecular weight excluding hydrogens is 340 g/mol. The highest BCUT2D eigenvalue weighted by Crippen LogP contribution is 2.37. The lowest BCUT2D eigenvalue weighted by molar-refractivity contribution is 0.125. The van der Waals surface area contributed by atoms with Gasteiger partial charge in [-0.15, -0.1) is 6.58 Å². The lowest BCUT2D eigenvalue weighted by atomic mass is 9.77. The van der Waals surface area contributed by atoms with Gasteiger partial charge in [-0.05, 0) is 79.5 Å². The Labute approximate surface area is 171 Å². The van der Waals surface area contributed by atoms with Gasteiger partial charge in [0.25, 0.3) is 0 Å². The molecule has 2 aromatic rings. The van der Waals surface area contributed by atoms with Crippen LogP contribution in [0.25, 0.3) is 11.1 Å². The van der Waals surface area contributed by atoms with Gasteiger partial charge in [-0.1, -0.05) is 66.8 Å². The quantitative estimate of drug-likeness (QED) is 0.323. The van der Waals surface area contributed by atoms with Gasteiger partial charge in [0.05, 0.1) is 13.2 Å². The first kappa shape index (κ1) is 20.6. The Kier molecular flexibility index (Phi) is 8.11. The highest BCUT2D eigenvalue weighted by atomic mass is 16.5. The van der Waals surface area contributed by atoms with Crippen LogP contribution in [0.1, 0.15) is 62.5 Å². The minimum atomic E-state index is 0.670. The molecule has 0 aromatic heterocycles. The summed E-state index contributed by atoms with van der Waals surface area (Å²) >= 11 is 0. The topological polar surface area (TPSA) is 9.23 Å². The van der Waals surface area contributed by atoms with Gasteiger partial charge in [-0.25, -0.2) is 0 Å². The van der Waals surface area contributed by atoms with Crippen molar-refractivity contribution in [2.75, 3.05) is 6.61 Å². The van der Waals surface area contributed by atoms with Gasteiger partial charge in [0.15, 0.2) is 0 Å². The number of benzene rings is 2. The molecule has 148 valence electrons. The summed E-state index contributed by atoms with van der Waals surface area (Å²) in [5.74, 6) is 1.64. The van der Waals surface area contributed by atoms with Crippen molar-refractivity contribution >= 4 is 0 Å². The smallest absolute Gasteiger partial charge is 0.0717 e. The number of rotatable bonds is 9. The Morgan fingerprint density at radius 1 is 0.929 bits per heavy atom. The predicted octanol–water partition coefficient (Wildman–Crippen LogP) is 7.69. The maximum Gasteiger partial charge on any atom is 0.0717 e. The molecule has 0 saturated heterocycles. The molecule has 1 aliphatic rings. The molecule has 0 unspecified atom stereocenters. The van der Waals surface area contributed by atoms with Crippen molar-refractivity contribution in [2.45, 2.75) is 58.0 Å². The minimum absolute atomic E-state index is 0.670. The molecule has 0 aliphatic heterocycles. The Morgan fingerprint density at radius 2 is 1.57 bits per heavy atom. The van der Waals surface area contributed by atoms with Gasteiger partial charge < -0.3 is 4.74 Å². The summed E-state index contributed by atoms with van der Waals surface area (Å²) in [5.41, 5.74) is 5.31. The van der Waals surface area contributed by atoms with Crippen LogP contribution in [0.5, 0.6) is 0 Å². The van der Waals surface area contributed by atoms with E-state index in [-0.39, 0.29) is 0 Å². The molecule has 28 heavy (non-hydrogen) atoms. The summed E-state index contributed by atoms with van der Waals surface area (Å²) in [4.78, 5) is 0. The molecule has 3 rings (SSSR count). The fourth-order valence-corrected chi connectivity index (χ4v) is 4.16. The molecule has 0 bridgehead atoms. The standard InChI is InChI=1S/C27H34O/c1-3-5-7-22-8-12-24(13-9-22)26-16-18-27(19-17-26)25-14-10-23(11-15-25)21-28-20-6-4-2/h3-5,10-11,14-19,22,24H,2,6-9,12-13,20-21H2,1H3/t22-,24-. The van der Waals surface area contributed by atoms with E-state index in [9.17, 15) is 0 Å². The predicted molar refractivity (Wildman–Crippen MR) is 120 cm³/mol. The van der Waals surface area contributed by atoms with Crippen LogP contribution in [0, 0.1) is 5.92 Å². The number of allylic oxidation sites excluding steroid dienone is 2. The molecule has 0 heterocycles. The van der Waals surface area contributed by atoms with E-state index in [1.54, 1.807) is 0 Å². The van der Waals surface area contributed by atoms with Crippen LogP contribution in [-0.4, -0.2) is 6.61 Å². The summed E-state index contributed by atoms with van der Waals surface area (Å²) in [7, 11) is 0. The van der Waals surface area contributed by atoms with E-state index in [1.165, 1.54) is 54.4 Å². The van der Waals surface area contributed by atoms with Gasteiger partial charge >= 0.3 is 0 Å². The fourth-order valence-electron chi connectivity index (χ4n) is 4.16. The third-order valence-corrected chi connectivity index (χ3v) is 5.96. The van der Waals surface area contributed by atoms with E-state index < -0.39 is 0 Å². The lowest BCUT2D eigenvalue weighted by Gasteiger charge is -2.28. The second kappa shape index (κ2) is 11.0. The van der Waals surface area contributed by atoms with Crippen molar-refractivity contribution in [3.8, 4) is 11.1 Å². The van der Waals surface area contributed by atoms with Crippen LogP contribution in [-0.2, 0) is 11.3 Å². The summed E-state index contributed by atoms with van der Waals surface area (Å²) in [5, 5.41) is 0. The average Bonchev–Trinajstić information content (AvgIpc) is 2.76. The van der Waals surface area contributed by atoms with Crippen molar-refractivity contribution in [3.63, 3.8) is 0 Å². The third kappa shape index (κ3) is 5.94. The summed E-state index contributed by atoms with van der Waals surface area (Å²) in [6.45, 7) is 7.25. The van der Waals surface area contributed by atoms with E-state index in [0.717, 1.165) is 24.9 Å². The van der Waals surface area contributed by atoms with E-state index in [1.807, 2.05) is 6.08 Å². The number of ether oxygens (including phenoxy) is 1. The Hall–Kier alpha value is -2.12. The van der Waals surface area contributed by atoms with E-state index in [0.29, 0.717) is 6.61 Å². The van der Waals surface area contributed by atoms with Crippen LogP contribution in [0.4, 0.5) is 0 Å². The Bertz CT molecular complexity index is 731. The molecule has 1 fully saturated rings. The molecule has 0 radical (unpaired) electrons. The van der Waals surface area contributed by atoms with Crippen molar-refractivity contribution in [1.82, 2.24) is 0 Å². The van der Waals surface area contributed by atoms with Crippen molar-refractivity contribution in [2.24, 2.45) is 5.92 Å². The minimum Gasteiger partial charge on any atom is -0.376 e. The van der Waals surface area contributed by atoms with Crippen LogP contribution in [0.2, 0.25) is 0 Å². The Morgan fingerprint density at radius 3 is 2.18 bits per heavy atom. The highest BCUT2D eigenvalue weighted by molar-refractivity contribution is 5.64. The average molecular weight is 375 g/mol.